The van der Waals surface area contributed by atoms with Crippen molar-refractivity contribution in [3.05, 3.63) is 65.7 Å². The molecule has 36 heavy (non-hydrogen) atoms. The molecule has 1 atom stereocenters. The molecule has 1 aliphatic heterocycles. The lowest BCUT2D eigenvalue weighted by Crippen LogP contribution is -2.40. The number of hydrogen-bond acceptors (Lipinski definition) is 8. The molecule has 0 radical (unpaired) electrons. The molecule has 0 unspecified atom stereocenters. The van der Waals surface area contributed by atoms with E-state index < -0.39 is 0 Å². The predicted octanol–water partition coefficient (Wildman–Crippen LogP) is 5.49. The zero-order valence-corrected chi connectivity index (χ0v) is 21.4. The summed E-state index contributed by atoms with van der Waals surface area (Å²) in [5.74, 6) is 2.03. The lowest BCUT2D eigenvalue weighted by molar-refractivity contribution is -0.0219. The second-order valence-corrected chi connectivity index (χ2v) is 9.55. The minimum atomic E-state index is 0.0642. The minimum Gasteiger partial charge on any atom is -0.475 e. The largest absolute Gasteiger partial charge is 0.475 e. The third kappa shape index (κ3) is 5.73. The van der Waals surface area contributed by atoms with Gasteiger partial charge in [0.1, 0.15) is 11.6 Å². The molecular weight excluding hydrogens is 476 g/mol. The van der Waals surface area contributed by atoms with E-state index in [1.165, 1.54) is 0 Å². The highest BCUT2D eigenvalue weighted by atomic mass is 35.5. The Balaban J connectivity index is 1.51. The van der Waals surface area contributed by atoms with Gasteiger partial charge < -0.3 is 14.8 Å². The minimum absolute atomic E-state index is 0.0642. The van der Waals surface area contributed by atoms with Crippen molar-refractivity contribution in [2.75, 3.05) is 25.0 Å². The highest BCUT2D eigenvalue weighted by Gasteiger charge is 2.19. The molecule has 4 heterocycles. The fourth-order valence-corrected chi connectivity index (χ4v) is 4.46. The molecule has 4 aromatic rings. The zero-order chi connectivity index (χ0) is 25.1. The number of morpholine rings is 1. The summed E-state index contributed by atoms with van der Waals surface area (Å²) >= 11 is 6.42. The van der Waals surface area contributed by atoms with Crippen LogP contribution in [0.25, 0.3) is 22.2 Å². The van der Waals surface area contributed by atoms with Gasteiger partial charge in [-0.1, -0.05) is 17.7 Å². The van der Waals surface area contributed by atoms with Crippen molar-refractivity contribution in [3.8, 4) is 17.1 Å². The van der Waals surface area contributed by atoms with Crippen LogP contribution in [0.15, 0.2) is 54.9 Å². The number of rotatable bonds is 7. The summed E-state index contributed by atoms with van der Waals surface area (Å²) in [6, 6.07) is 13.5. The summed E-state index contributed by atoms with van der Waals surface area (Å²) in [6.07, 6.45) is 3.74. The van der Waals surface area contributed by atoms with Crippen molar-refractivity contribution in [1.29, 1.82) is 0 Å². The molecule has 3 aromatic heterocycles. The topological polar surface area (TPSA) is 85.3 Å². The van der Waals surface area contributed by atoms with Crippen LogP contribution in [0.4, 0.5) is 11.5 Å². The Morgan fingerprint density at radius 2 is 2.06 bits per heavy atom. The first kappa shape index (κ1) is 24.4. The van der Waals surface area contributed by atoms with Gasteiger partial charge in [0.05, 0.1) is 53.5 Å². The maximum atomic E-state index is 6.42. The Morgan fingerprint density at radius 1 is 1.17 bits per heavy atom. The summed E-state index contributed by atoms with van der Waals surface area (Å²) in [7, 11) is 0. The van der Waals surface area contributed by atoms with E-state index in [-0.39, 0.29) is 12.2 Å². The Kier molecular flexibility index (Phi) is 7.27. The van der Waals surface area contributed by atoms with E-state index >= 15 is 0 Å². The highest BCUT2D eigenvalue weighted by Crippen LogP contribution is 2.31. The van der Waals surface area contributed by atoms with Crippen LogP contribution in [-0.4, -0.2) is 56.7 Å². The van der Waals surface area contributed by atoms with Gasteiger partial charge in [-0.25, -0.2) is 15.0 Å². The summed E-state index contributed by atoms with van der Waals surface area (Å²) < 4.78 is 11.4. The molecule has 186 valence electrons. The first-order valence-corrected chi connectivity index (χ1v) is 12.5. The van der Waals surface area contributed by atoms with Crippen molar-refractivity contribution in [3.63, 3.8) is 0 Å². The Bertz CT molecular complexity index is 1350. The summed E-state index contributed by atoms with van der Waals surface area (Å²) in [6.45, 7) is 9.07. The third-order valence-corrected chi connectivity index (χ3v) is 6.13. The number of benzene rings is 1. The standard InChI is InChI=1S/C27H29ClN6O2/c1-17(2)36-25-9-7-20(14-30-25)31-27-21-8-6-19(26-22(28)5-4-10-29-26)13-23(21)32-24(33-27)16-34-11-12-35-18(3)15-34/h4-10,13-14,17-18H,11-12,15-16H2,1-3H3,(H,31,32,33)/t18-/m1/s1. The van der Waals surface area contributed by atoms with Gasteiger partial charge >= 0.3 is 0 Å². The number of ether oxygens (including phenoxy) is 2. The first-order chi connectivity index (χ1) is 17.4. The summed E-state index contributed by atoms with van der Waals surface area (Å²) in [5.41, 5.74) is 3.26. The summed E-state index contributed by atoms with van der Waals surface area (Å²) in [4.78, 5) is 21.0. The van der Waals surface area contributed by atoms with Crippen LogP contribution in [0.2, 0.25) is 5.02 Å². The Hall–Kier alpha value is -3.33. The van der Waals surface area contributed by atoms with E-state index in [1.807, 2.05) is 56.3 Å². The molecule has 5 rings (SSSR count). The molecule has 0 aliphatic carbocycles. The van der Waals surface area contributed by atoms with Crippen LogP contribution < -0.4 is 10.1 Å². The van der Waals surface area contributed by atoms with Crippen LogP contribution in [-0.2, 0) is 11.3 Å². The quantitative estimate of drug-likeness (QED) is 0.353. The van der Waals surface area contributed by atoms with Gasteiger partial charge in [0.25, 0.3) is 0 Å². The van der Waals surface area contributed by atoms with Gasteiger partial charge in [-0.05, 0) is 51.1 Å². The van der Waals surface area contributed by atoms with E-state index in [0.717, 1.165) is 46.8 Å². The van der Waals surface area contributed by atoms with Gasteiger partial charge in [-0.15, -0.1) is 0 Å². The van der Waals surface area contributed by atoms with Crippen LogP contribution >= 0.6 is 11.6 Å². The van der Waals surface area contributed by atoms with E-state index in [1.54, 1.807) is 12.4 Å². The van der Waals surface area contributed by atoms with E-state index in [0.29, 0.717) is 29.9 Å². The molecular formula is C27H29ClN6O2. The van der Waals surface area contributed by atoms with Gasteiger partial charge in [0.2, 0.25) is 5.88 Å². The molecule has 1 fully saturated rings. The first-order valence-electron chi connectivity index (χ1n) is 12.1. The lowest BCUT2D eigenvalue weighted by atomic mass is 10.1. The van der Waals surface area contributed by atoms with E-state index in [2.05, 4.69) is 27.1 Å². The number of fused-ring (bicyclic) bond motifs is 1. The number of nitrogens with zero attached hydrogens (tertiary/aromatic N) is 5. The van der Waals surface area contributed by atoms with Crippen molar-refractivity contribution in [2.45, 2.75) is 39.5 Å². The number of aromatic nitrogens is 4. The van der Waals surface area contributed by atoms with Crippen LogP contribution in [0.1, 0.15) is 26.6 Å². The maximum Gasteiger partial charge on any atom is 0.213 e. The van der Waals surface area contributed by atoms with Crippen LogP contribution in [0.3, 0.4) is 0 Å². The second-order valence-electron chi connectivity index (χ2n) is 9.15. The number of anilines is 2. The van der Waals surface area contributed by atoms with E-state index in [4.69, 9.17) is 31.0 Å². The number of nitrogens with one attached hydrogen (secondary N) is 1. The van der Waals surface area contributed by atoms with Gasteiger partial charge in [-0.2, -0.15) is 0 Å². The fraction of sp³-hybridized carbons (Fsp3) is 0.333. The smallest absolute Gasteiger partial charge is 0.213 e. The number of hydrogen-bond donors (Lipinski definition) is 1. The molecule has 9 heteroatoms. The number of pyridine rings is 2. The molecule has 1 aliphatic rings. The fourth-order valence-electron chi connectivity index (χ4n) is 4.23. The molecule has 0 spiro atoms. The van der Waals surface area contributed by atoms with E-state index in [9.17, 15) is 0 Å². The Morgan fingerprint density at radius 3 is 2.81 bits per heavy atom. The lowest BCUT2D eigenvalue weighted by Gasteiger charge is -2.30. The molecule has 1 saturated heterocycles. The highest BCUT2D eigenvalue weighted by molar-refractivity contribution is 6.33. The molecule has 8 nitrogen and oxygen atoms in total. The maximum absolute atomic E-state index is 6.42. The third-order valence-electron chi connectivity index (χ3n) is 5.82. The average molecular weight is 505 g/mol. The van der Waals surface area contributed by atoms with Gasteiger partial charge in [0, 0.05) is 36.3 Å². The summed E-state index contributed by atoms with van der Waals surface area (Å²) in [5, 5.41) is 4.92. The van der Waals surface area contributed by atoms with Crippen molar-refractivity contribution < 1.29 is 9.47 Å². The Labute approximate surface area is 215 Å². The monoisotopic (exact) mass is 504 g/mol. The average Bonchev–Trinajstić information content (AvgIpc) is 2.85. The van der Waals surface area contributed by atoms with Crippen molar-refractivity contribution in [2.24, 2.45) is 0 Å². The molecule has 1 N–H and O–H groups in total. The van der Waals surface area contributed by atoms with Gasteiger partial charge in [-0.3, -0.25) is 9.88 Å². The molecule has 0 amide bonds. The van der Waals surface area contributed by atoms with Gasteiger partial charge in [0.15, 0.2) is 0 Å². The molecule has 0 bridgehead atoms. The van der Waals surface area contributed by atoms with Crippen molar-refractivity contribution >= 4 is 34.0 Å². The number of halogens is 1. The molecule has 0 saturated carbocycles. The second kappa shape index (κ2) is 10.7. The molecule has 1 aromatic carbocycles. The predicted molar refractivity (Wildman–Crippen MR) is 142 cm³/mol. The SMILES string of the molecule is CC(C)Oc1ccc(Nc2nc(CN3CCO[C@H](C)C3)nc3cc(-c4ncccc4Cl)ccc23)cn1. The van der Waals surface area contributed by atoms with Crippen LogP contribution in [0.5, 0.6) is 5.88 Å². The van der Waals surface area contributed by atoms with Crippen molar-refractivity contribution in [1.82, 2.24) is 24.8 Å². The zero-order valence-electron chi connectivity index (χ0n) is 20.6. The van der Waals surface area contributed by atoms with Crippen LogP contribution in [0, 0.1) is 0 Å². The normalized spacial score (nSPS) is 16.4.